The second-order valence-electron chi connectivity index (χ2n) is 4.48. The number of nitrogens with one attached hydrogen (secondary N) is 2. The molecule has 0 bridgehead atoms. The van der Waals surface area contributed by atoms with E-state index in [2.05, 4.69) is 16.6 Å². The molecule has 0 unspecified atom stereocenters. The van der Waals surface area contributed by atoms with Crippen molar-refractivity contribution in [3.8, 4) is 12.3 Å². The minimum atomic E-state index is -0.0962. The number of carbonyl (C=O) groups is 1. The van der Waals surface area contributed by atoms with Crippen LogP contribution in [0.4, 0.5) is 5.69 Å². The number of carbonyl (C=O) groups excluding carboxylic acids is 1. The van der Waals surface area contributed by atoms with Gasteiger partial charge in [0.25, 0.3) is 0 Å². The number of terminal acetylenes is 1. The smallest absolute Gasteiger partial charge is 0.238 e. The summed E-state index contributed by atoms with van der Waals surface area (Å²) in [6, 6.07) is 8.14. The summed E-state index contributed by atoms with van der Waals surface area (Å²) in [5, 5.41) is 5.63. The van der Waals surface area contributed by atoms with Gasteiger partial charge < -0.3 is 11.1 Å². The molecule has 0 spiro atoms. The molecule has 1 aliphatic rings. The van der Waals surface area contributed by atoms with Crippen LogP contribution in [0, 0.1) is 12.3 Å². The van der Waals surface area contributed by atoms with E-state index in [1.54, 1.807) is 0 Å². The van der Waals surface area contributed by atoms with Crippen LogP contribution < -0.4 is 16.4 Å². The number of anilines is 1. The first-order valence-electron chi connectivity index (χ1n) is 6.00. The van der Waals surface area contributed by atoms with Crippen LogP contribution in [0.2, 0.25) is 0 Å². The third kappa shape index (κ3) is 3.33. The molecule has 0 aliphatic heterocycles. The van der Waals surface area contributed by atoms with Gasteiger partial charge in [-0.15, -0.1) is 6.42 Å². The van der Waals surface area contributed by atoms with Gasteiger partial charge in [0.1, 0.15) is 0 Å². The Hall–Kier alpha value is -1.83. The zero-order valence-corrected chi connectivity index (χ0v) is 10.1. The molecule has 4 nitrogen and oxygen atoms in total. The molecule has 0 saturated heterocycles. The lowest BCUT2D eigenvalue weighted by Gasteiger charge is -2.06. The van der Waals surface area contributed by atoms with Crippen LogP contribution >= 0.6 is 0 Å². The molecule has 1 aliphatic carbocycles. The Kier molecular flexibility index (Phi) is 3.98. The molecule has 2 atom stereocenters. The van der Waals surface area contributed by atoms with E-state index in [0.717, 1.165) is 12.1 Å². The normalized spacial score (nSPS) is 21.1. The van der Waals surface area contributed by atoms with E-state index in [1.165, 1.54) is 5.56 Å². The number of rotatable bonds is 5. The zero-order chi connectivity index (χ0) is 13.0. The highest BCUT2D eigenvalue weighted by Gasteiger charge is 2.34. The van der Waals surface area contributed by atoms with Crippen molar-refractivity contribution >= 4 is 11.6 Å². The van der Waals surface area contributed by atoms with E-state index in [4.69, 9.17) is 12.2 Å². The molecular weight excluding hydrogens is 226 g/mol. The number of nitrogens with two attached hydrogens (primary N) is 1. The van der Waals surface area contributed by atoms with Crippen LogP contribution in [0.3, 0.4) is 0 Å². The van der Waals surface area contributed by atoms with Crippen LogP contribution in [-0.4, -0.2) is 25.0 Å². The second-order valence-corrected chi connectivity index (χ2v) is 4.48. The van der Waals surface area contributed by atoms with Crippen molar-refractivity contribution in [2.45, 2.75) is 18.4 Å². The van der Waals surface area contributed by atoms with Gasteiger partial charge in [-0.05, 0) is 24.1 Å². The number of amides is 1. The number of hydrogen-bond donors (Lipinski definition) is 3. The fourth-order valence-electron chi connectivity index (χ4n) is 1.86. The zero-order valence-electron chi connectivity index (χ0n) is 10.1. The molecular formula is C14H17N3O. The minimum absolute atomic E-state index is 0.0962. The highest BCUT2D eigenvalue weighted by molar-refractivity contribution is 5.92. The average molecular weight is 243 g/mol. The third-order valence-electron chi connectivity index (χ3n) is 2.98. The van der Waals surface area contributed by atoms with Crippen LogP contribution in [0.5, 0.6) is 0 Å². The van der Waals surface area contributed by atoms with Gasteiger partial charge in [-0.1, -0.05) is 18.1 Å². The van der Waals surface area contributed by atoms with Gasteiger partial charge in [-0.3, -0.25) is 10.1 Å². The Labute approximate surface area is 107 Å². The van der Waals surface area contributed by atoms with Crippen molar-refractivity contribution in [3.05, 3.63) is 29.8 Å². The molecule has 18 heavy (non-hydrogen) atoms. The topological polar surface area (TPSA) is 67.2 Å². The summed E-state index contributed by atoms with van der Waals surface area (Å²) >= 11 is 0. The first-order valence-corrected chi connectivity index (χ1v) is 6.00. The van der Waals surface area contributed by atoms with Gasteiger partial charge in [-0.25, -0.2) is 0 Å². The van der Waals surface area contributed by atoms with Crippen LogP contribution in [0.1, 0.15) is 17.9 Å². The SMILES string of the molecule is C#CCNCC(=O)Nc1ccc([C@@H]2C[C@H]2N)cc1. The van der Waals surface area contributed by atoms with Crippen molar-refractivity contribution in [1.29, 1.82) is 0 Å². The standard InChI is InChI=1S/C14H17N3O/c1-2-7-16-9-14(18)17-11-5-3-10(4-6-11)12-8-13(12)15/h1,3-6,12-13,16H,7-9,15H2,(H,17,18)/t12-,13+/m0/s1. The Morgan fingerprint density at radius 3 is 2.67 bits per heavy atom. The molecule has 4 heteroatoms. The fourth-order valence-corrected chi connectivity index (χ4v) is 1.86. The van der Waals surface area contributed by atoms with Crippen molar-refractivity contribution in [3.63, 3.8) is 0 Å². The molecule has 0 aromatic heterocycles. The number of hydrogen-bond acceptors (Lipinski definition) is 3. The molecule has 1 saturated carbocycles. The summed E-state index contributed by atoms with van der Waals surface area (Å²) in [6.07, 6.45) is 6.13. The quantitative estimate of drug-likeness (QED) is 0.526. The summed E-state index contributed by atoms with van der Waals surface area (Å²) < 4.78 is 0. The van der Waals surface area contributed by atoms with E-state index in [-0.39, 0.29) is 12.5 Å². The van der Waals surface area contributed by atoms with Crippen molar-refractivity contribution in [2.24, 2.45) is 5.73 Å². The van der Waals surface area contributed by atoms with E-state index in [1.807, 2.05) is 24.3 Å². The van der Waals surface area contributed by atoms with Crippen LogP contribution in [-0.2, 0) is 4.79 Å². The molecule has 4 N–H and O–H groups in total. The van der Waals surface area contributed by atoms with Gasteiger partial charge >= 0.3 is 0 Å². The average Bonchev–Trinajstić information content (AvgIpc) is 3.08. The maximum absolute atomic E-state index is 11.5. The van der Waals surface area contributed by atoms with Gasteiger partial charge in [-0.2, -0.15) is 0 Å². The molecule has 2 rings (SSSR count). The number of benzene rings is 1. The minimum Gasteiger partial charge on any atom is -0.327 e. The maximum atomic E-state index is 11.5. The highest BCUT2D eigenvalue weighted by Crippen LogP contribution is 2.39. The third-order valence-corrected chi connectivity index (χ3v) is 2.98. The maximum Gasteiger partial charge on any atom is 0.238 e. The summed E-state index contributed by atoms with van der Waals surface area (Å²) in [4.78, 5) is 11.5. The monoisotopic (exact) mass is 243 g/mol. The second kappa shape index (κ2) is 5.67. The predicted octanol–water partition coefficient (Wildman–Crippen LogP) is 0.662. The van der Waals surface area contributed by atoms with E-state index >= 15 is 0 Å². The van der Waals surface area contributed by atoms with Gasteiger partial charge in [0, 0.05) is 17.6 Å². The summed E-state index contributed by atoms with van der Waals surface area (Å²) in [6.45, 7) is 0.616. The van der Waals surface area contributed by atoms with Crippen molar-refractivity contribution in [2.75, 3.05) is 18.4 Å². The lowest BCUT2D eigenvalue weighted by Crippen LogP contribution is -2.28. The van der Waals surface area contributed by atoms with Crippen LogP contribution in [0.25, 0.3) is 0 Å². The van der Waals surface area contributed by atoms with E-state index < -0.39 is 0 Å². The Balaban J connectivity index is 1.83. The Bertz CT molecular complexity index is 461. The van der Waals surface area contributed by atoms with Gasteiger partial charge in [0.05, 0.1) is 13.1 Å². The molecule has 1 amide bonds. The Morgan fingerprint density at radius 1 is 1.44 bits per heavy atom. The van der Waals surface area contributed by atoms with E-state index in [9.17, 15) is 4.79 Å². The fraction of sp³-hybridized carbons (Fsp3) is 0.357. The van der Waals surface area contributed by atoms with Crippen molar-refractivity contribution in [1.82, 2.24) is 5.32 Å². The summed E-state index contributed by atoms with van der Waals surface area (Å²) in [5.74, 6) is 2.81. The largest absolute Gasteiger partial charge is 0.327 e. The first kappa shape index (κ1) is 12.6. The lowest BCUT2D eigenvalue weighted by molar-refractivity contribution is -0.115. The molecule has 1 aromatic carbocycles. The molecule has 0 heterocycles. The van der Waals surface area contributed by atoms with E-state index in [0.29, 0.717) is 18.5 Å². The summed E-state index contributed by atoms with van der Waals surface area (Å²) in [7, 11) is 0. The van der Waals surface area contributed by atoms with Gasteiger partial charge in [0.2, 0.25) is 5.91 Å². The van der Waals surface area contributed by atoms with Crippen LogP contribution in [0.15, 0.2) is 24.3 Å². The molecule has 94 valence electrons. The first-order chi connectivity index (χ1) is 8.70. The lowest BCUT2D eigenvalue weighted by atomic mass is 10.1. The van der Waals surface area contributed by atoms with Crippen molar-refractivity contribution < 1.29 is 4.79 Å². The Morgan fingerprint density at radius 2 is 2.11 bits per heavy atom. The molecule has 1 fully saturated rings. The molecule has 0 radical (unpaired) electrons. The molecule has 1 aromatic rings. The van der Waals surface area contributed by atoms with Gasteiger partial charge in [0.15, 0.2) is 0 Å². The summed E-state index contributed by atoms with van der Waals surface area (Å²) in [5.41, 5.74) is 7.82. The predicted molar refractivity (Wildman–Crippen MR) is 72.1 cm³/mol. The highest BCUT2D eigenvalue weighted by atomic mass is 16.1.